The molecule has 1 amide bonds. The molecule has 0 spiro atoms. The number of aromatic nitrogens is 1. The average Bonchev–Trinajstić information content (AvgIpc) is 3.91. The van der Waals surface area contributed by atoms with Gasteiger partial charge >= 0.3 is 6.18 Å². The zero-order valence-corrected chi connectivity index (χ0v) is 31.0. The molecule has 0 saturated heterocycles. The second-order valence-electron chi connectivity index (χ2n) is 14.6. The van der Waals surface area contributed by atoms with Crippen LogP contribution in [0, 0.1) is 11.8 Å². The van der Waals surface area contributed by atoms with Crippen LogP contribution in [0.1, 0.15) is 92.8 Å². The second-order valence-corrected chi connectivity index (χ2v) is 15.4. The molecule has 4 aromatic rings. The van der Waals surface area contributed by atoms with Crippen LogP contribution in [-0.4, -0.2) is 41.3 Å². The molecule has 3 unspecified atom stereocenters. The predicted octanol–water partition coefficient (Wildman–Crippen LogP) is 9.60. The fourth-order valence-corrected chi connectivity index (χ4v) is 8.37. The largest absolute Gasteiger partial charge is 0.491 e. The molecular weight excluding hydrogens is 719 g/mol. The smallest absolute Gasteiger partial charge is 0.416 e. The number of alkyl halides is 3. The van der Waals surface area contributed by atoms with E-state index in [-0.39, 0.29) is 24.5 Å². The first-order valence-corrected chi connectivity index (χ1v) is 18.9. The number of nitrogens with zero attached hydrogens (tertiary/aromatic N) is 1. The Morgan fingerprint density at radius 1 is 1.02 bits per heavy atom. The van der Waals surface area contributed by atoms with E-state index in [0.717, 1.165) is 62.6 Å². The Morgan fingerprint density at radius 3 is 2.47 bits per heavy atom. The van der Waals surface area contributed by atoms with Crippen molar-refractivity contribution in [2.75, 3.05) is 13.2 Å². The number of carbonyl (C=O) groups excluding carboxylic acids is 1. The van der Waals surface area contributed by atoms with Gasteiger partial charge in [-0.05, 0) is 109 Å². The van der Waals surface area contributed by atoms with Crippen LogP contribution in [0.5, 0.6) is 5.75 Å². The maximum absolute atomic E-state index is 14.9. The Labute approximate surface area is 306 Å². The van der Waals surface area contributed by atoms with Crippen LogP contribution in [0.3, 0.4) is 0 Å². The Hall–Kier alpha value is -3.47. The third kappa shape index (κ3) is 8.61. The molecule has 10 heteroatoms. The van der Waals surface area contributed by atoms with Crippen molar-refractivity contribution in [2.45, 2.75) is 96.0 Å². The lowest BCUT2D eigenvalue weighted by Gasteiger charge is -2.27. The zero-order valence-electron chi connectivity index (χ0n) is 29.5. The molecule has 51 heavy (non-hydrogen) atoms. The first-order valence-electron chi connectivity index (χ1n) is 18.1. The van der Waals surface area contributed by atoms with Crippen LogP contribution in [0.15, 0.2) is 71.2 Å². The summed E-state index contributed by atoms with van der Waals surface area (Å²) in [5, 5.41) is 16.8. The van der Waals surface area contributed by atoms with Crippen molar-refractivity contribution in [3.8, 4) is 17.0 Å². The van der Waals surface area contributed by atoms with Crippen LogP contribution in [0.25, 0.3) is 22.2 Å². The van der Waals surface area contributed by atoms with E-state index in [1.807, 2.05) is 50.2 Å². The van der Waals surface area contributed by atoms with Gasteiger partial charge in [-0.15, -0.1) is 0 Å². The number of fused-ring (bicyclic) bond motifs is 1. The lowest BCUT2D eigenvalue weighted by molar-refractivity contribution is -0.137. The average molecular weight is 767 g/mol. The summed E-state index contributed by atoms with van der Waals surface area (Å²) in [5.74, 6) is 0.733. The lowest BCUT2D eigenvalue weighted by atomic mass is 9.80. The normalized spacial score (nSPS) is 19.5. The van der Waals surface area contributed by atoms with Crippen molar-refractivity contribution < 1.29 is 27.8 Å². The quantitative estimate of drug-likeness (QED) is 0.125. The molecule has 1 heterocycles. The van der Waals surface area contributed by atoms with E-state index in [0.29, 0.717) is 68.4 Å². The molecular formula is C41H47BrF3N3O3. The molecule has 2 saturated carbocycles. The molecule has 6 rings (SSSR count). The summed E-state index contributed by atoms with van der Waals surface area (Å²) in [4.78, 5) is 20.0. The first-order chi connectivity index (χ1) is 24.4. The number of nitrogens with one attached hydrogen (secondary N) is 2. The zero-order chi connectivity index (χ0) is 36.3. The molecule has 2 aliphatic rings. The molecule has 3 atom stereocenters. The van der Waals surface area contributed by atoms with Gasteiger partial charge in [-0.3, -0.25) is 4.79 Å². The summed E-state index contributed by atoms with van der Waals surface area (Å²) in [6.07, 6.45) is 2.39. The molecule has 2 fully saturated rings. The van der Waals surface area contributed by atoms with Gasteiger partial charge < -0.3 is 20.5 Å². The fourth-order valence-electron chi connectivity index (χ4n) is 7.74. The van der Waals surface area contributed by atoms with Crippen molar-refractivity contribution in [1.82, 2.24) is 15.6 Å². The van der Waals surface area contributed by atoms with Gasteiger partial charge in [0.1, 0.15) is 5.75 Å². The Balaban J connectivity index is 1.51. The third-order valence-electron chi connectivity index (χ3n) is 10.5. The highest BCUT2D eigenvalue weighted by Crippen LogP contribution is 2.47. The van der Waals surface area contributed by atoms with Gasteiger partial charge in [-0.25, -0.2) is 4.98 Å². The highest BCUT2D eigenvalue weighted by atomic mass is 79.9. The van der Waals surface area contributed by atoms with Crippen LogP contribution in [0.2, 0.25) is 0 Å². The van der Waals surface area contributed by atoms with E-state index in [1.165, 1.54) is 6.07 Å². The number of carbonyl (C=O) groups is 1. The molecule has 6 nitrogen and oxygen atoms in total. The van der Waals surface area contributed by atoms with Gasteiger partial charge in [0.05, 0.1) is 40.6 Å². The van der Waals surface area contributed by atoms with Crippen LogP contribution >= 0.6 is 15.9 Å². The molecule has 3 aromatic carbocycles. The molecule has 1 aromatic heterocycles. The summed E-state index contributed by atoms with van der Waals surface area (Å²) < 4.78 is 49.0. The number of hydrogen-bond acceptors (Lipinski definition) is 5. The molecule has 0 aliphatic heterocycles. The summed E-state index contributed by atoms with van der Waals surface area (Å²) in [5.41, 5.74) is 1.97. The Kier molecular flexibility index (Phi) is 11.4. The minimum absolute atomic E-state index is 0.0979. The number of amides is 1. The van der Waals surface area contributed by atoms with Crippen molar-refractivity contribution in [3.63, 3.8) is 0 Å². The van der Waals surface area contributed by atoms with Crippen LogP contribution in [0.4, 0.5) is 13.2 Å². The minimum atomic E-state index is -4.54. The van der Waals surface area contributed by atoms with Crippen molar-refractivity contribution in [1.29, 1.82) is 0 Å². The Bertz CT molecular complexity index is 1850. The van der Waals surface area contributed by atoms with Crippen molar-refractivity contribution >= 4 is 32.7 Å². The van der Waals surface area contributed by atoms with Gasteiger partial charge in [0.15, 0.2) is 0 Å². The number of ether oxygens (including phenoxy) is 1. The van der Waals surface area contributed by atoms with Gasteiger partial charge in [-0.1, -0.05) is 62.2 Å². The Morgan fingerprint density at radius 2 is 1.78 bits per heavy atom. The molecule has 2 aliphatic carbocycles. The van der Waals surface area contributed by atoms with Crippen LogP contribution < -0.4 is 15.4 Å². The number of halogens is 4. The van der Waals surface area contributed by atoms with E-state index < -0.39 is 17.3 Å². The first kappa shape index (κ1) is 37.3. The number of aliphatic hydroxyl groups is 1. The van der Waals surface area contributed by atoms with Gasteiger partial charge in [0, 0.05) is 34.1 Å². The number of pyridine rings is 1. The van der Waals surface area contributed by atoms with E-state index >= 15 is 0 Å². The third-order valence-corrected chi connectivity index (χ3v) is 11.1. The molecule has 3 N–H and O–H groups in total. The van der Waals surface area contributed by atoms with Crippen molar-refractivity contribution in [2.24, 2.45) is 11.8 Å². The maximum atomic E-state index is 14.9. The molecule has 0 radical (unpaired) electrons. The van der Waals surface area contributed by atoms with E-state index in [4.69, 9.17) is 9.72 Å². The van der Waals surface area contributed by atoms with Gasteiger partial charge in [0.2, 0.25) is 0 Å². The van der Waals surface area contributed by atoms with E-state index in [1.54, 1.807) is 12.1 Å². The fraction of sp³-hybridized carbons (Fsp3) is 0.463. The summed E-state index contributed by atoms with van der Waals surface area (Å²) in [6, 6.07) is 19.1. The van der Waals surface area contributed by atoms with Gasteiger partial charge in [-0.2, -0.15) is 13.2 Å². The maximum Gasteiger partial charge on any atom is 0.416 e. The van der Waals surface area contributed by atoms with Gasteiger partial charge in [0.25, 0.3) is 5.91 Å². The summed E-state index contributed by atoms with van der Waals surface area (Å²) in [6.45, 7) is 6.69. The SMILES string of the molecule is CC(C)Oc1cc(Br)c2c(C(=O)NC3(c4ccccc4)CC3)c(CC(C)C3CCCC(NCCO)CC3)c(-c3cccc(C(F)(F)F)c3)nc2c1. The molecule has 0 bridgehead atoms. The predicted molar refractivity (Wildman–Crippen MR) is 199 cm³/mol. The highest BCUT2D eigenvalue weighted by Gasteiger charge is 2.46. The highest BCUT2D eigenvalue weighted by molar-refractivity contribution is 9.10. The standard InChI is InChI=1S/C41H47BrF3N3O3/c1-25(2)51-32-23-34(42)37-35(24-32)47-38(28-10-7-13-30(22-28)41(43,44)45)33(21-26(3)27-9-8-14-31(16-15-27)46-19-20-49)36(37)39(50)48-40(17-18-40)29-11-5-4-6-12-29/h4-7,10-13,22-27,31,46,49H,8-9,14-21H2,1-3H3,(H,48,50). The number of aliphatic hydroxyl groups excluding tert-OH is 1. The van der Waals surface area contributed by atoms with Crippen LogP contribution in [-0.2, 0) is 18.1 Å². The monoisotopic (exact) mass is 765 g/mol. The topological polar surface area (TPSA) is 83.5 Å². The minimum Gasteiger partial charge on any atom is -0.491 e. The number of benzene rings is 3. The molecule has 272 valence electrons. The second kappa shape index (κ2) is 15.6. The lowest BCUT2D eigenvalue weighted by Crippen LogP contribution is -2.36. The summed E-state index contributed by atoms with van der Waals surface area (Å²) >= 11 is 3.76. The number of rotatable bonds is 12. The van der Waals surface area contributed by atoms with E-state index in [2.05, 4.69) is 33.5 Å². The number of hydrogen-bond donors (Lipinski definition) is 3. The summed E-state index contributed by atoms with van der Waals surface area (Å²) in [7, 11) is 0. The van der Waals surface area contributed by atoms with E-state index in [9.17, 15) is 23.1 Å². The van der Waals surface area contributed by atoms with Crippen molar-refractivity contribution in [3.05, 3.63) is 93.5 Å².